The normalized spacial score (nSPS) is 18.7. The second-order valence-corrected chi connectivity index (χ2v) is 8.22. The average Bonchev–Trinajstić information content (AvgIpc) is 3.24. The van der Waals surface area contributed by atoms with Crippen molar-refractivity contribution in [2.75, 3.05) is 11.6 Å². The zero-order valence-corrected chi connectivity index (χ0v) is 18.2. The molecule has 0 radical (unpaired) electrons. The highest BCUT2D eigenvalue weighted by molar-refractivity contribution is 6.07. The third kappa shape index (κ3) is 3.76. The first-order valence-electron chi connectivity index (χ1n) is 11.0. The summed E-state index contributed by atoms with van der Waals surface area (Å²) < 4.78 is 18.8. The van der Waals surface area contributed by atoms with Gasteiger partial charge in [-0.15, -0.1) is 0 Å². The van der Waals surface area contributed by atoms with Gasteiger partial charge in [0.2, 0.25) is 0 Å². The molecule has 0 aromatic heterocycles. The molecule has 6 heteroatoms. The van der Waals surface area contributed by atoms with Gasteiger partial charge in [0.25, 0.3) is 0 Å². The van der Waals surface area contributed by atoms with E-state index in [1.165, 1.54) is 12.1 Å². The van der Waals surface area contributed by atoms with E-state index in [1.54, 1.807) is 25.1 Å². The summed E-state index contributed by atoms with van der Waals surface area (Å²) in [7, 11) is 0. The van der Waals surface area contributed by atoms with Crippen molar-refractivity contribution in [1.82, 2.24) is 0 Å². The number of ether oxygens (including phenoxy) is 1. The van der Waals surface area contributed by atoms with Crippen LogP contribution in [0.2, 0.25) is 0 Å². The van der Waals surface area contributed by atoms with Crippen molar-refractivity contribution in [3.8, 4) is 6.07 Å². The summed E-state index contributed by atoms with van der Waals surface area (Å²) in [4.78, 5) is 12.2. The maximum absolute atomic E-state index is 13.7. The molecule has 0 amide bonds. The largest absolute Gasteiger partial charge is 0.462 e. The molecule has 5 rings (SSSR count). The zero-order valence-electron chi connectivity index (χ0n) is 18.2. The number of rotatable bonds is 4. The third-order valence-electron chi connectivity index (χ3n) is 6.30. The number of benzene rings is 3. The minimum Gasteiger partial charge on any atom is -0.462 e. The molecule has 0 saturated heterocycles. The van der Waals surface area contributed by atoms with Gasteiger partial charge in [0.15, 0.2) is 0 Å². The lowest BCUT2D eigenvalue weighted by Crippen LogP contribution is -2.29. The van der Waals surface area contributed by atoms with Crippen LogP contribution in [0.25, 0.3) is 0 Å². The molecule has 0 unspecified atom stereocenters. The topological polar surface area (TPSA) is 65.7 Å². The number of fused-ring (bicyclic) bond motifs is 3. The Labute approximate surface area is 191 Å². The van der Waals surface area contributed by atoms with Gasteiger partial charge in [-0.25, -0.2) is 9.18 Å². The second kappa shape index (κ2) is 8.51. The Kier molecular flexibility index (Phi) is 5.39. The lowest BCUT2D eigenvalue weighted by atomic mass is 9.77. The van der Waals surface area contributed by atoms with E-state index in [0.717, 1.165) is 40.9 Å². The van der Waals surface area contributed by atoms with Gasteiger partial charge in [0, 0.05) is 11.5 Å². The van der Waals surface area contributed by atoms with Crippen molar-refractivity contribution >= 4 is 17.4 Å². The van der Waals surface area contributed by atoms with Gasteiger partial charge in [0.05, 0.1) is 41.2 Å². The van der Waals surface area contributed by atoms with E-state index in [-0.39, 0.29) is 23.7 Å². The van der Waals surface area contributed by atoms with Crippen LogP contribution < -0.4 is 5.01 Å². The van der Waals surface area contributed by atoms with Crippen LogP contribution in [-0.4, -0.2) is 18.3 Å². The van der Waals surface area contributed by atoms with Crippen LogP contribution in [0.15, 0.2) is 71.8 Å². The van der Waals surface area contributed by atoms with Gasteiger partial charge in [-0.3, -0.25) is 5.01 Å². The van der Waals surface area contributed by atoms with Crippen molar-refractivity contribution in [1.29, 1.82) is 5.26 Å². The van der Waals surface area contributed by atoms with E-state index in [1.807, 2.05) is 41.4 Å². The lowest BCUT2D eigenvalue weighted by Gasteiger charge is -2.30. The summed E-state index contributed by atoms with van der Waals surface area (Å²) >= 11 is 0. The van der Waals surface area contributed by atoms with Crippen molar-refractivity contribution in [2.45, 2.75) is 25.8 Å². The standard InChI is InChI=1S/C27H22FN3O2/c1-2-33-27(32)20-8-13-23-19(15-20)7-14-24-25(23)30-31(22-11-3-17(16-29)4-12-22)26(24)18-5-9-21(28)10-6-18/h3-6,8-13,15,24,26H,2,7,14H2,1H3/t24-,26-/m0/s1. The highest BCUT2D eigenvalue weighted by Gasteiger charge is 2.42. The SMILES string of the molecule is CCOC(=O)c1ccc2c(c1)CC[C@H]1C2=NN(c2ccc(C#N)cc2)[C@H]1c1ccc(F)cc1. The average molecular weight is 439 g/mol. The molecule has 5 nitrogen and oxygen atoms in total. The first-order chi connectivity index (χ1) is 16.1. The Morgan fingerprint density at radius 2 is 1.91 bits per heavy atom. The molecule has 1 aliphatic heterocycles. The Morgan fingerprint density at radius 3 is 2.61 bits per heavy atom. The summed E-state index contributed by atoms with van der Waals surface area (Å²) in [5.74, 6) is -0.477. The molecule has 2 atom stereocenters. The number of esters is 1. The molecule has 0 N–H and O–H groups in total. The lowest BCUT2D eigenvalue weighted by molar-refractivity contribution is 0.0526. The van der Waals surface area contributed by atoms with Crippen LogP contribution in [0, 0.1) is 23.1 Å². The first-order valence-corrected chi connectivity index (χ1v) is 11.0. The Morgan fingerprint density at radius 1 is 1.15 bits per heavy atom. The van der Waals surface area contributed by atoms with E-state index >= 15 is 0 Å². The van der Waals surface area contributed by atoms with E-state index in [2.05, 4.69) is 6.07 Å². The maximum atomic E-state index is 13.7. The maximum Gasteiger partial charge on any atom is 0.338 e. The van der Waals surface area contributed by atoms with Gasteiger partial charge in [-0.05, 0) is 79.4 Å². The van der Waals surface area contributed by atoms with Crippen LogP contribution >= 0.6 is 0 Å². The second-order valence-electron chi connectivity index (χ2n) is 8.22. The molecule has 33 heavy (non-hydrogen) atoms. The number of hydrogen-bond donors (Lipinski definition) is 0. The van der Waals surface area contributed by atoms with Crippen molar-refractivity contribution in [3.05, 3.63) is 100 Å². The molecule has 0 fully saturated rings. The molecule has 0 bridgehead atoms. The number of carbonyl (C=O) groups is 1. The number of anilines is 1. The number of nitrogens with zero attached hydrogens (tertiary/aromatic N) is 3. The molecule has 1 heterocycles. The predicted molar refractivity (Wildman–Crippen MR) is 124 cm³/mol. The van der Waals surface area contributed by atoms with Gasteiger partial charge in [-0.2, -0.15) is 10.4 Å². The van der Waals surface area contributed by atoms with E-state index in [4.69, 9.17) is 15.1 Å². The molecule has 1 aliphatic carbocycles. The Bertz CT molecular complexity index is 1280. The highest BCUT2D eigenvalue weighted by atomic mass is 19.1. The highest BCUT2D eigenvalue weighted by Crippen LogP contribution is 2.45. The predicted octanol–water partition coefficient (Wildman–Crippen LogP) is 5.40. The summed E-state index contributed by atoms with van der Waals surface area (Å²) in [5, 5.41) is 16.2. The van der Waals surface area contributed by atoms with E-state index in [9.17, 15) is 9.18 Å². The fourth-order valence-electron chi connectivity index (χ4n) is 4.76. The Hall–Kier alpha value is -3.98. The molecule has 0 saturated carbocycles. The molecule has 3 aromatic carbocycles. The van der Waals surface area contributed by atoms with Gasteiger partial charge in [0.1, 0.15) is 5.82 Å². The smallest absolute Gasteiger partial charge is 0.338 e. The quantitative estimate of drug-likeness (QED) is 0.511. The minimum atomic E-state index is -0.320. The number of carbonyl (C=O) groups excluding carboxylic acids is 1. The van der Waals surface area contributed by atoms with Crippen LogP contribution in [-0.2, 0) is 11.2 Å². The van der Waals surface area contributed by atoms with Crippen molar-refractivity contribution in [2.24, 2.45) is 11.0 Å². The van der Waals surface area contributed by atoms with Crippen LogP contribution in [0.4, 0.5) is 10.1 Å². The fourth-order valence-corrected chi connectivity index (χ4v) is 4.76. The van der Waals surface area contributed by atoms with Crippen LogP contribution in [0.5, 0.6) is 0 Å². The summed E-state index contributed by atoms with van der Waals surface area (Å²) in [5.41, 5.74) is 6.05. The summed E-state index contributed by atoms with van der Waals surface area (Å²) in [6.07, 6.45) is 1.66. The van der Waals surface area contributed by atoms with Crippen molar-refractivity contribution < 1.29 is 13.9 Å². The first kappa shape index (κ1) is 20.9. The van der Waals surface area contributed by atoms with Crippen LogP contribution in [0.3, 0.4) is 0 Å². The molecular formula is C27H22FN3O2. The molecular weight excluding hydrogens is 417 g/mol. The van der Waals surface area contributed by atoms with Crippen LogP contribution in [0.1, 0.15) is 52.0 Å². The van der Waals surface area contributed by atoms with E-state index in [0.29, 0.717) is 17.7 Å². The molecule has 0 spiro atoms. The Balaban J connectivity index is 1.58. The fraction of sp³-hybridized carbons (Fsp3) is 0.222. The number of nitriles is 1. The van der Waals surface area contributed by atoms with E-state index < -0.39 is 0 Å². The molecule has 2 aliphatic rings. The number of aryl methyl sites for hydroxylation is 1. The van der Waals surface area contributed by atoms with Gasteiger partial charge >= 0.3 is 5.97 Å². The van der Waals surface area contributed by atoms with Crippen molar-refractivity contribution in [3.63, 3.8) is 0 Å². The molecule has 3 aromatic rings. The minimum absolute atomic E-state index is 0.0913. The number of hydrazone groups is 1. The third-order valence-corrected chi connectivity index (χ3v) is 6.30. The summed E-state index contributed by atoms with van der Waals surface area (Å²) in [6.45, 7) is 2.13. The zero-order chi connectivity index (χ0) is 22.9. The van der Waals surface area contributed by atoms with Gasteiger partial charge in [-0.1, -0.05) is 18.2 Å². The molecule has 164 valence electrons. The number of hydrogen-bond acceptors (Lipinski definition) is 5. The monoisotopic (exact) mass is 439 g/mol. The summed E-state index contributed by atoms with van der Waals surface area (Å²) in [6, 6.07) is 21.6. The number of halogens is 1. The van der Waals surface area contributed by atoms with Gasteiger partial charge < -0.3 is 4.74 Å².